The van der Waals surface area contributed by atoms with Gasteiger partial charge in [0.2, 0.25) is 0 Å². The molecule has 1 radical (unpaired) electrons. The Morgan fingerprint density at radius 3 is 2.90 bits per heavy atom. The number of aromatic nitrogens is 2. The van der Waals surface area contributed by atoms with E-state index in [0.717, 1.165) is 0 Å². The van der Waals surface area contributed by atoms with E-state index in [1.807, 2.05) is 0 Å². The molecule has 0 aliphatic carbocycles. The molecular formula is C12H18BN2O5. The molecule has 0 aromatic carbocycles. The number of aliphatic hydroxyl groups is 2. The first-order valence-electron chi connectivity index (χ1n) is 6.57. The topological polar surface area (TPSA) is 105 Å². The molecule has 0 bridgehead atoms. The van der Waals surface area contributed by atoms with Crippen LogP contribution < -0.4 is 11.2 Å². The van der Waals surface area contributed by atoms with E-state index in [9.17, 15) is 14.7 Å². The van der Waals surface area contributed by atoms with Gasteiger partial charge in [-0.25, -0.2) is 4.79 Å². The van der Waals surface area contributed by atoms with Crippen molar-refractivity contribution in [1.82, 2.24) is 9.55 Å². The first-order valence-corrected chi connectivity index (χ1v) is 6.57. The minimum atomic E-state index is -0.519. The van der Waals surface area contributed by atoms with Crippen LogP contribution in [-0.4, -0.2) is 46.3 Å². The van der Waals surface area contributed by atoms with Gasteiger partial charge in [-0.05, 0) is 19.3 Å². The molecule has 3 atom stereocenters. The van der Waals surface area contributed by atoms with Crippen LogP contribution in [0.4, 0.5) is 0 Å². The fraction of sp³-hybridized carbons (Fsp3) is 0.667. The number of aromatic amines is 1. The van der Waals surface area contributed by atoms with Crippen molar-refractivity contribution in [2.75, 3.05) is 13.1 Å². The minimum Gasteiger partial charge on any atom is -0.405 e. The highest BCUT2D eigenvalue weighted by Gasteiger charge is 2.35. The fourth-order valence-electron chi connectivity index (χ4n) is 2.49. The number of H-pyrrole nitrogens is 1. The van der Waals surface area contributed by atoms with Crippen molar-refractivity contribution in [1.29, 1.82) is 0 Å². The van der Waals surface area contributed by atoms with Crippen LogP contribution in [-0.2, 0) is 4.74 Å². The van der Waals surface area contributed by atoms with Crippen LogP contribution in [0.15, 0.2) is 15.8 Å². The van der Waals surface area contributed by atoms with Crippen LogP contribution in [0.3, 0.4) is 0 Å². The van der Waals surface area contributed by atoms with E-state index in [2.05, 4.69) is 4.98 Å². The van der Waals surface area contributed by atoms with Gasteiger partial charge in [0.1, 0.15) is 13.5 Å². The van der Waals surface area contributed by atoms with Crippen LogP contribution in [0.1, 0.15) is 18.2 Å². The smallest absolute Gasteiger partial charge is 0.330 e. The van der Waals surface area contributed by atoms with Gasteiger partial charge in [-0.15, -0.1) is 0 Å². The van der Waals surface area contributed by atoms with Crippen LogP contribution in [0.2, 0.25) is 6.32 Å². The Morgan fingerprint density at radius 2 is 2.25 bits per heavy atom. The second-order valence-electron chi connectivity index (χ2n) is 4.99. The Kier molecular flexibility index (Phi) is 4.79. The maximum atomic E-state index is 11.8. The van der Waals surface area contributed by atoms with Crippen LogP contribution in [0.5, 0.6) is 0 Å². The molecule has 1 aliphatic heterocycles. The summed E-state index contributed by atoms with van der Waals surface area (Å²) in [5.74, 6) is 0.0382. The zero-order chi connectivity index (χ0) is 14.7. The molecular weight excluding hydrogens is 263 g/mol. The molecule has 0 amide bonds. The number of rotatable bonds is 5. The van der Waals surface area contributed by atoms with Gasteiger partial charge < -0.3 is 14.9 Å². The molecule has 8 heteroatoms. The van der Waals surface area contributed by atoms with E-state index in [4.69, 9.17) is 9.84 Å². The van der Waals surface area contributed by atoms with Crippen molar-refractivity contribution in [2.24, 2.45) is 5.92 Å². The van der Waals surface area contributed by atoms with Crippen molar-refractivity contribution >= 4 is 7.28 Å². The summed E-state index contributed by atoms with van der Waals surface area (Å²) < 4.78 is 7.02. The van der Waals surface area contributed by atoms with Gasteiger partial charge in [0, 0.05) is 18.3 Å². The second-order valence-corrected chi connectivity index (χ2v) is 4.99. The molecule has 0 spiro atoms. The third kappa shape index (κ3) is 3.03. The van der Waals surface area contributed by atoms with Crippen molar-refractivity contribution < 1.29 is 14.9 Å². The summed E-state index contributed by atoms with van der Waals surface area (Å²) in [6.45, 7) is 1.44. The number of ether oxygens (including phenoxy) is 1. The lowest BCUT2D eigenvalue weighted by Crippen LogP contribution is -2.33. The predicted octanol–water partition coefficient (Wildman–Crippen LogP) is -1.19. The van der Waals surface area contributed by atoms with Crippen molar-refractivity contribution in [3.63, 3.8) is 0 Å². The molecule has 109 valence electrons. The lowest BCUT2D eigenvalue weighted by Gasteiger charge is -2.15. The maximum Gasteiger partial charge on any atom is 0.330 e. The van der Waals surface area contributed by atoms with Gasteiger partial charge in [0.05, 0.1) is 12.7 Å². The van der Waals surface area contributed by atoms with E-state index < -0.39 is 17.5 Å². The average Bonchev–Trinajstić information content (AvgIpc) is 2.83. The summed E-state index contributed by atoms with van der Waals surface area (Å²) in [6.07, 6.45) is 1.75. The molecule has 1 fully saturated rings. The Bertz CT molecular complexity index is 570. The molecule has 3 N–H and O–H groups in total. The summed E-state index contributed by atoms with van der Waals surface area (Å²) in [5, 5.41) is 18.1. The van der Waals surface area contributed by atoms with Gasteiger partial charge in [-0.1, -0.05) is 6.32 Å². The summed E-state index contributed by atoms with van der Waals surface area (Å²) in [5.41, 5.74) is -0.499. The highest BCUT2D eigenvalue weighted by Crippen LogP contribution is 2.34. The van der Waals surface area contributed by atoms with Crippen molar-refractivity contribution in [2.45, 2.75) is 32.0 Å². The maximum absolute atomic E-state index is 11.8. The van der Waals surface area contributed by atoms with Gasteiger partial charge in [0.15, 0.2) is 0 Å². The highest BCUT2D eigenvalue weighted by molar-refractivity contribution is 6.35. The second kappa shape index (κ2) is 6.38. The predicted molar refractivity (Wildman–Crippen MR) is 72.8 cm³/mol. The third-order valence-corrected chi connectivity index (χ3v) is 3.60. The molecule has 1 aliphatic rings. The van der Waals surface area contributed by atoms with Gasteiger partial charge in [0.25, 0.3) is 5.56 Å². The van der Waals surface area contributed by atoms with Crippen LogP contribution in [0, 0.1) is 12.8 Å². The molecule has 7 nitrogen and oxygen atoms in total. The minimum absolute atomic E-state index is 0.0307. The number of aryl methyl sites for hydroxylation is 1. The molecule has 2 rings (SSSR count). The van der Waals surface area contributed by atoms with E-state index >= 15 is 0 Å². The number of hydrogen-bond donors (Lipinski definition) is 3. The lowest BCUT2D eigenvalue weighted by atomic mass is 9.69. The zero-order valence-corrected chi connectivity index (χ0v) is 11.3. The highest BCUT2D eigenvalue weighted by atomic mass is 16.5. The number of nitrogens with zero attached hydrogens (tertiary/aromatic N) is 1. The van der Waals surface area contributed by atoms with E-state index in [1.54, 1.807) is 14.2 Å². The largest absolute Gasteiger partial charge is 0.405 e. The van der Waals surface area contributed by atoms with Gasteiger partial charge in [-0.2, -0.15) is 0 Å². The molecule has 3 unspecified atom stereocenters. The molecule has 1 aromatic rings. The first-order chi connectivity index (χ1) is 9.56. The van der Waals surface area contributed by atoms with E-state index in [0.29, 0.717) is 18.3 Å². The van der Waals surface area contributed by atoms with Crippen molar-refractivity contribution in [3.8, 4) is 0 Å². The Balaban J connectivity index is 2.20. The Hall–Kier alpha value is -1.38. The molecule has 1 aromatic heterocycles. The average molecular weight is 281 g/mol. The monoisotopic (exact) mass is 281 g/mol. The summed E-state index contributed by atoms with van der Waals surface area (Å²) in [7, 11) is 1.71. The Labute approximate surface area is 116 Å². The fourth-order valence-corrected chi connectivity index (χ4v) is 2.49. The molecule has 0 saturated carbocycles. The van der Waals surface area contributed by atoms with E-state index in [-0.39, 0.29) is 25.1 Å². The molecule has 1 saturated heterocycles. The quantitative estimate of drug-likeness (QED) is 0.589. The van der Waals surface area contributed by atoms with E-state index in [1.165, 1.54) is 10.8 Å². The summed E-state index contributed by atoms with van der Waals surface area (Å²) in [4.78, 5) is 25.4. The third-order valence-electron chi connectivity index (χ3n) is 3.60. The number of hydrogen-bond acceptors (Lipinski definition) is 5. The molecule has 2 heterocycles. The first kappa shape index (κ1) is 15.0. The van der Waals surface area contributed by atoms with Crippen LogP contribution in [0.25, 0.3) is 0 Å². The van der Waals surface area contributed by atoms with Gasteiger partial charge >= 0.3 is 5.69 Å². The zero-order valence-electron chi connectivity index (χ0n) is 11.3. The van der Waals surface area contributed by atoms with Crippen LogP contribution >= 0.6 is 0 Å². The number of aliphatic hydroxyl groups excluding tert-OH is 2. The molecule has 20 heavy (non-hydrogen) atoms. The standard InChI is InChI=1S/C12H18BN2O5/c1-7-4-15(12(19)14-11(7)18)10-2-8(3-13-6-17)9(5-16)20-10/h4,8-10,16-17H,2-3,5-6H2,1H3,(H,14,18,19). The van der Waals surface area contributed by atoms with Crippen molar-refractivity contribution in [3.05, 3.63) is 32.6 Å². The lowest BCUT2D eigenvalue weighted by molar-refractivity contribution is -0.0314. The normalized spacial score (nSPS) is 25.9. The number of nitrogens with one attached hydrogen (secondary N) is 1. The SMILES string of the molecule is Cc1cn(C2CC(C[B]CO)C(CO)O2)c(=O)[nH]c1=O. The Morgan fingerprint density at radius 1 is 1.50 bits per heavy atom. The summed E-state index contributed by atoms with van der Waals surface area (Å²) in [6, 6.07) is 0. The van der Waals surface area contributed by atoms with Gasteiger partial charge in [-0.3, -0.25) is 14.3 Å². The summed E-state index contributed by atoms with van der Waals surface area (Å²) >= 11 is 0.